The van der Waals surface area contributed by atoms with Crippen LogP contribution in [0.1, 0.15) is 18.4 Å². The van der Waals surface area contributed by atoms with Crippen molar-refractivity contribution in [2.75, 3.05) is 32.8 Å². The number of rotatable bonds is 4. The SMILES string of the molecule is O=C1OCCN1C1CCN(CCc2ccccc2)CC1. The van der Waals surface area contributed by atoms with E-state index in [1.165, 1.54) is 5.56 Å². The molecule has 0 spiro atoms. The summed E-state index contributed by atoms with van der Waals surface area (Å²) in [6, 6.07) is 11.0. The molecule has 1 aromatic carbocycles. The monoisotopic (exact) mass is 274 g/mol. The van der Waals surface area contributed by atoms with Gasteiger partial charge in [0.15, 0.2) is 0 Å². The molecule has 0 aliphatic carbocycles. The highest BCUT2D eigenvalue weighted by Crippen LogP contribution is 2.20. The number of hydrogen-bond donors (Lipinski definition) is 0. The Balaban J connectivity index is 1.43. The van der Waals surface area contributed by atoms with E-state index in [2.05, 4.69) is 35.2 Å². The van der Waals surface area contributed by atoms with E-state index in [1.54, 1.807) is 0 Å². The van der Waals surface area contributed by atoms with Crippen LogP contribution in [-0.4, -0.2) is 54.7 Å². The van der Waals surface area contributed by atoms with Crippen LogP contribution in [0, 0.1) is 0 Å². The van der Waals surface area contributed by atoms with Gasteiger partial charge in [-0.2, -0.15) is 0 Å². The molecule has 0 saturated carbocycles. The van der Waals surface area contributed by atoms with Gasteiger partial charge in [-0.1, -0.05) is 30.3 Å². The quantitative estimate of drug-likeness (QED) is 0.843. The molecule has 2 saturated heterocycles. The van der Waals surface area contributed by atoms with Gasteiger partial charge in [0.2, 0.25) is 0 Å². The maximum absolute atomic E-state index is 11.6. The van der Waals surface area contributed by atoms with Gasteiger partial charge >= 0.3 is 6.09 Å². The van der Waals surface area contributed by atoms with Gasteiger partial charge < -0.3 is 14.5 Å². The molecular weight excluding hydrogens is 252 g/mol. The van der Waals surface area contributed by atoms with Gasteiger partial charge in [0, 0.05) is 25.7 Å². The number of ether oxygens (including phenoxy) is 1. The Morgan fingerprint density at radius 1 is 1.10 bits per heavy atom. The Morgan fingerprint density at radius 3 is 2.50 bits per heavy atom. The summed E-state index contributed by atoms with van der Waals surface area (Å²) in [6.07, 6.45) is 3.14. The fourth-order valence-electron chi connectivity index (χ4n) is 3.12. The van der Waals surface area contributed by atoms with Crippen LogP contribution >= 0.6 is 0 Å². The third-order valence-electron chi connectivity index (χ3n) is 4.35. The first-order chi connectivity index (χ1) is 9.83. The second-order valence-electron chi connectivity index (χ2n) is 5.62. The van der Waals surface area contributed by atoms with Crippen LogP contribution in [0.25, 0.3) is 0 Å². The fourth-order valence-corrected chi connectivity index (χ4v) is 3.12. The van der Waals surface area contributed by atoms with Crippen molar-refractivity contribution < 1.29 is 9.53 Å². The first kappa shape index (κ1) is 13.4. The van der Waals surface area contributed by atoms with Gasteiger partial charge in [0.05, 0.1) is 6.54 Å². The molecule has 2 aliphatic heterocycles. The lowest BCUT2D eigenvalue weighted by atomic mass is 10.0. The normalized spacial score (nSPS) is 21.2. The molecule has 2 heterocycles. The minimum absolute atomic E-state index is 0.118. The molecule has 1 amide bonds. The van der Waals surface area contributed by atoms with Crippen molar-refractivity contribution >= 4 is 6.09 Å². The van der Waals surface area contributed by atoms with Crippen LogP contribution in [0.4, 0.5) is 4.79 Å². The number of nitrogens with zero attached hydrogens (tertiary/aromatic N) is 2. The summed E-state index contributed by atoms with van der Waals surface area (Å²) in [5, 5.41) is 0. The molecule has 108 valence electrons. The lowest BCUT2D eigenvalue weighted by Crippen LogP contribution is -2.45. The van der Waals surface area contributed by atoms with Crippen molar-refractivity contribution in [3.8, 4) is 0 Å². The molecule has 0 radical (unpaired) electrons. The van der Waals surface area contributed by atoms with E-state index >= 15 is 0 Å². The predicted octanol–water partition coefficient (Wildman–Crippen LogP) is 2.15. The smallest absolute Gasteiger partial charge is 0.410 e. The van der Waals surface area contributed by atoms with Gasteiger partial charge in [-0.05, 0) is 24.8 Å². The van der Waals surface area contributed by atoms with Gasteiger partial charge in [-0.3, -0.25) is 0 Å². The van der Waals surface area contributed by atoms with E-state index in [9.17, 15) is 4.79 Å². The molecule has 4 heteroatoms. The van der Waals surface area contributed by atoms with Crippen molar-refractivity contribution in [3.63, 3.8) is 0 Å². The molecule has 0 unspecified atom stereocenters. The molecule has 3 rings (SSSR count). The van der Waals surface area contributed by atoms with E-state index in [1.807, 2.05) is 4.90 Å². The Kier molecular flexibility index (Phi) is 4.21. The van der Waals surface area contributed by atoms with Gasteiger partial charge in [0.25, 0.3) is 0 Å². The zero-order valence-corrected chi connectivity index (χ0v) is 11.8. The first-order valence-corrected chi connectivity index (χ1v) is 7.52. The predicted molar refractivity (Wildman–Crippen MR) is 77.7 cm³/mol. The molecule has 4 nitrogen and oxygen atoms in total. The third-order valence-corrected chi connectivity index (χ3v) is 4.35. The summed E-state index contributed by atoms with van der Waals surface area (Å²) in [6.45, 7) is 4.62. The number of piperidine rings is 1. The standard InChI is InChI=1S/C16H22N2O2/c19-16-18(12-13-20-16)15-7-10-17(11-8-15)9-6-14-4-2-1-3-5-14/h1-5,15H,6-13H2. The summed E-state index contributed by atoms with van der Waals surface area (Å²) < 4.78 is 5.02. The second kappa shape index (κ2) is 6.27. The molecule has 2 aliphatic rings. The number of carbonyl (C=O) groups excluding carboxylic acids is 1. The minimum atomic E-state index is -0.118. The number of cyclic esters (lactones) is 1. The molecule has 0 N–H and O–H groups in total. The largest absolute Gasteiger partial charge is 0.448 e. The van der Waals surface area contributed by atoms with Crippen LogP contribution in [0.2, 0.25) is 0 Å². The molecule has 0 atom stereocenters. The van der Waals surface area contributed by atoms with E-state index in [-0.39, 0.29) is 6.09 Å². The highest BCUT2D eigenvalue weighted by atomic mass is 16.6. The zero-order chi connectivity index (χ0) is 13.8. The second-order valence-corrected chi connectivity index (χ2v) is 5.62. The lowest BCUT2D eigenvalue weighted by Gasteiger charge is -2.35. The zero-order valence-electron chi connectivity index (χ0n) is 11.8. The van der Waals surface area contributed by atoms with Gasteiger partial charge in [-0.15, -0.1) is 0 Å². The molecule has 0 bridgehead atoms. The average Bonchev–Trinajstić information content (AvgIpc) is 2.93. The van der Waals surface area contributed by atoms with E-state index in [0.29, 0.717) is 12.6 Å². The van der Waals surface area contributed by atoms with E-state index in [4.69, 9.17) is 4.74 Å². The van der Waals surface area contributed by atoms with E-state index in [0.717, 1.165) is 45.4 Å². The van der Waals surface area contributed by atoms with Crippen molar-refractivity contribution in [3.05, 3.63) is 35.9 Å². The average molecular weight is 274 g/mol. The van der Waals surface area contributed by atoms with Gasteiger partial charge in [-0.25, -0.2) is 4.79 Å². The summed E-state index contributed by atoms with van der Waals surface area (Å²) >= 11 is 0. The lowest BCUT2D eigenvalue weighted by molar-refractivity contribution is 0.118. The van der Waals surface area contributed by atoms with Crippen molar-refractivity contribution in [1.82, 2.24) is 9.80 Å². The highest BCUT2D eigenvalue weighted by molar-refractivity contribution is 5.69. The topological polar surface area (TPSA) is 32.8 Å². The van der Waals surface area contributed by atoms with Crippen LogP contribution in [0.15, 0.2) is 30.3 Å². The third kappa shape index (κ3) is 3.12. The fraction of sp³-hybridized carbons (Fsp3) is 0.562. The Morgan fingerprint density at radius 2 is 1.85 bits per heavy atom. The number of benzene rings is 1. The minimum Gasteiger partial charge on any atom is -0.448 e. The summed E-state index contributed by atoms with van der Waals surface area (Å²) in [4.78, 5) is 16.0. The summed E-state index contributed by atoms with van der Waals surface area (Å²) in [5.41, 5.74) is 1.40. The number of hydrogen-bond acceptors (Lipinski definition) is 3. The summed E-state index contributed by atoms with van der Waals surface area (Å²) in [5.74, 6) is 0. The Bertz CT molecular complexity index is 441. The molecule has 20 heavy (non-hydrogen) atoms. The number of likely N-dealkylation sites (tertiary alicyclic amines) is 1. The number of carbonyl (C=O) groups is 1. The molecule has 0 aromatic heterocycles. The van der Waals surface area contributed by atoms with Crippen LogP contribution in [0.3, 0.4) is 0 Å². The first-order valence-electron chi connectivity index (χ1n) is 7.52. The highest BCUT2D eigenvalue weighted by Gasteiger charge is 2.31. The van der Waals surface area contributed by atoms with Crippen LogP contribution < -0.4 is 0 Å². The van der Waals surface area contributed by atoms with E-state index < -0.39 is 0 Å². The van der Waals surface area contributed by atoms with Crippen molar-refractivity contribution in [2.24, 2.45) is 0 Å². The van der Waals surface area contributed by atoms with Gasteiger partial charge in [0.1, 0.15) is 6.61 Å². The maximum atomic E-state index is 11.6. The van der Waals surface area contributed by atoms with Crippen LogP contribution in [-0.2, 0) is 11.2 Å². The Labute approximate surface area is 120 Å². The molecular formula is C16H22N2O2. The van der Waals surface area contributed by atoms with Crippen LogP contribution in [0.5, 0.6) is 0 Å². The summed E-state index contributed by atoms with van der Waals surface area (Å²) in [7, 11) is 0. The molecule has 2 fully saturated rings. The van der Waals surface area contributed by atoms with Crippen molar-refractivity contribution in [2.45, 2.75) is 25.3 Å². The van der Waals surface area contributed by atoms with Crippen molar-refractivity contribution in [1.29, 1.82) is 0 Å². The number of amides is 1. The Hall–Kier alpha value is -1.55. The maximum Gasteiger partial charge on any atom is 0.410 e. The molecule has 1 aromatic rings.